The first-order valence-electron chi connectivity index (χ1n) is 7.26. The average molecular weight is 297 g/mol. The summed E-state index contributed by atoms with van der Waals surface area (Å²) in [4.78, 5) is 22.8. The Morgan fingerprint density at radius 3 is 2.32 bits per heavy atom. The van der Waals surface area contributed by atoms with E-state index in [1.54, 1.807) is 24.3 Å². The molecule has 0 radical (unpaired) electrons. The van der Waals surface area contributed by atoms with Gasteiger partial charge in [-0.2, -0.15) is 0 Å². The predicted octanol–water partition coefficient (Wildman–Crippen LogP) is 2.97. The molecule has 0 bridgehead atoms. The van der Waals surface area contributed by atoms with Crippen molar-refractivity contribution in [3.8, 4) is 5.75 Å². The highest BCUT2D eigenvalue weighted by Crippen LogP contribution is 2.12. The first kappa shape index (κ1) is 15.8. The molecule has 22 heavy (non-hydrogen) atoms. The number of aryl methyl sites for hydroxylation is 1. The van der Waals surface area contributed by atoms with Crippen LogP contribution in [0.1, 0.15) is 29.3 Å². The second-order valence-corrected chi connectivity index (χ2v) is 4.96. The summed E-state index contributed by atoms with van der Waals surface area (Å²) in [5, 5.41) is 2.88. The molecule has 0 spiro atoms. The summed E-state index contributed by atoms with van der Waals surface area (Å²) in [6.45, 7) is 1.97. The molecule has 0 fully saturated rings. The number of rotatable bonds is 6. The Kier molecular flexibility index (Phi) is 5.72. The van der Waals surface area contributed by atoms with Gasteiger partial charge in [0.1, 0.15) is 5.75 Å². The molecule has 0 aliphatic heterocycles. The van der Waals surface area contributed by atoms with Crippen LogP contribution in [0.5, 0.6) is 5.75 Å². The van der Waals surface area contributed by atoms with Crippen LogP contribution >= 0.6 is 0 Å². The van der Waals surface area contributed by atoms with Gasteiger partial charge in [0.05, 0.1) is 0 Å². The van der Waals surface area contributed by atoms with Crippen LogP contribution in [0.4, 0.5) is 0 Å². The van der Waals surface area contributed by atoms with Gasteiger partial charge in [0, 0.05) is 19.0 Å². The second-order valence-electron chi connectivity index (χ2n) is 4.96. The zero-order valence-electron chi connectivity index (χ0n) is 12.5. The Bertz CT molecular complexity index is 621. The topological polar surface area (TPSA) is 55.4 Å². The Labute approximate surface area is 130 Å². The molecule has 0 unspecified atom stereocenters. The number of hydrogen-bond acceptors (Lipinski definition) is 3. The molecule has 114 valence electrons. The molecule has 0 aliphatic rings. The van der Waals surface area contributed by atoms with Crippen molar-refractivity contribution in [2.75, 3.05) is 6.54 Å². The van der Waals surface area contributed by atoms with Crippen molar-refractivity contribution in [3.63, 3.8) is 0 Å². The van der Waals surface area contributed by atoms with Crippen LogP contribution in [-0.4, -0.2) is 18.4 Å². The predicted molar refractivity (Wildman–Crippen MR) is 84.8 cm³/mol. The quantitative estimate of drug-likeness (QED) is 0.506. The Hall–Kier alpha value is -2.62. The first-order chi connectivity index (χ1) is 10.6. The van der Waals surface area contributed by atoms with Crippen LogP contribution in [-0.2, 0) is 11.2 Å². The van der Waals surface area contributed by atoms with Crippen LogP contribution in [0.15, 0.2) is 54.6 Å². The van der Waals surface area contributed by atoms with E-state index in [0.29, 0.717) is 17.9 Å². The average Bonchev–Trinajstić information content (AvgIpc) is 2.52. The van der Waals surface area contributed by atoms with Gasteiger partial charge in [-0.25, -0.2) is 0 Å². The molecule has 4 heteroatoms. The fourth-order valence-corrected chi connectivity index (χ4v) is 2.08. The van der Waals surface area contributed by atoms with Crippen LogP contribution in [0.3, 0.4) is 0 Å². The minimum atomic E-state index is -0.377. The van der Waals surface area contributed by atoms with Gasteiger partial charge >= 0.3 is 5.97 Å². The summed E-state index contributed by atoms with van der Waals surface area (Å²) in [7, 11) is 0. The summed E-state index contributed by atoms with van der Waals surface area (Å²) in [5.41, 5.74) is 1.82. The summed E-state index contributed by atoms with van der Waals surface area (Å²) in [5.74, 6) is -0.0614. The largest absolute Gasteiger partial charge is 0.427 e. The van der Waals surface area contributed by atoms with Gasteiger partial charge in [-0.05, 0) is 42.7 Å². The maximum absolute atomic E-state index is 12.0. The molecular weight excluding hydrogens is 278 g/mol. The standard InChI is InChI=1S/C18H19NO3/c1-14(20)22-17-11-9-16(10-12-17)18(21)19-13-5-8-15-6-3-2-4-7-15/h2-4,6-7,9-12H,5,8,13H2,1H3,(H,19,21). The van der Waals surface area contributed by atoms with Gasteiger partial charge in [-0.15, -0.1) is 0 Å². The molecule has 0 aromatic heterocycles. The van der Waals surface area contributed by atoms with E-state index in [1.807, 2.05) is 18.2 Å². The van der Waals surface area contributed by atoms with E-state index in [4.69, 9.17) is 4.74 Å². The lowest BCUT2D eigenvalue weighted by Crippen LogP contribution is -2.24. The van der Waals surface area contributed by atoms with Crippen LogP contribution in [0.2, 0.25) is 0 Å². The van der Waals surface area contributed by atoms with Crippen molar-refractivity contribution in [1.29, 1.82) is 0 Å². The summed E-state index contributed by atoms with van der Waals surface area (Å²) in [6, 6.07) is 16.7. The maximum Gasteiger partial charge on any atom is 0.308 e. The van der Waals surface area contributed by atoms with Crippen molar-refractivity contribution < 1.29 is 14.3 Å². The van der Waals surface area contributed by atoms with Crippen molar-refractivity contribution in [1.82, 2.24) is 5.32 Å². The lowest BCUT2D eigenvalue weighted by atomic mass is 10.1. The van der Waals surface area contributed by atoms with E-state index < -0.39 is 0 Å². The first-order valence-corrected chi connectivity index (χ1v) is 7.26. The van der Waals surface area contributed by atoms with Gasteiger partial charge in [0.15, 0.2) is 0 Å². The normalized spacial score (nSPS) is 10.0. The third kappa shape index (κ3) is 5.05. The third-order valence-electron chi connectivity index (χ3n) is 3.15. The maximum atomic E-state index is 12.0. The van der Waals surface area contributed by atoms with Gasteiger partial charge in [-0.1, -0.05) is 30.3 Å². The summed E-state index contributed by atoms with van der Waals surface area (Å²) >= 11 is 0. The number of carbonyl (C=O) groups is 2. The van der Waals surface area contributed by atoms with Crippen LogP contribution in [0, 0.1) is 0 Å². The van der Waals surface area contributed by atoms with Gasteiger partial charge in [0.25, 0.3) is 5.91 Å². The van der Waals surface area contributed by atoms with Crippen LogP contribution < -0.4 is 10.1 Å². The molecule has 2 aromatic rings. The minimum absolute atomic E-state index is 0.123. The molecule has 0 atom stereocenters. The molecular formula is C18H19NO3. The van der Waals surface area contributed by atoms with Crippen molar-refractivity contribution in [3.05, 3.63) is 65.7 Å². The fourth-order valence-electron chi connectivity index (χ4n) is 2.08. The van der Waals surface area contributed by atoms with Crippen molar-refractivity contribution >= 4 is 11.9 Å². The lowest BCUT2D eigenvalue weighted by molar-refractivity contribution is -0.131. The van der Waals surface area contributed by atoms with Gasteiger partial charge < -0.3 is 10.1 Å². The Balaban J connectivity index is 1.76. The number of amides is 1. The summed E-state index contributed by atoms with van der Waals surface area (Å²) < 4.78 is 4.93. The lowest BCUT2D eigenvalue weighted by Gasteiger charge is -2.06. The molecule has 0 saturated heterocycles. The highest BCUT2D eigenvalue weighted by Gasteiger charge is 2.05. The SMILES string of the molecule is CC(=O)Oc1ccc(C(=O)NCCCc2ccccc2)cc1. The van der Waals surface area contributed by atoms with E-state index in [9.17, 15) is 9.59 Å². The molecule has 2 rings (SSSR count). The number of benzene rings is 2. The highest BCUT2D eigenvalue weighted by atomic mass is 16.5. The van der Waals surface area contributed by atoms with Gasteiger partial charge in [0.2, 0.25) is 0 Å². The van der Waals surface area contributed by atoms with Gasteiger partial charge in [-0.3, -0.25) is 9.59 Å². The van der Waals surface area contributed by atoms with Crippen molar-refractivity contribution in [2.24, 2.45) is 0 Å². The molecule has 4 nitrogen and oxygen atoms in total. The monoisotopic (exact) mass is 297 g/mol. The molecule has 1 N–H and O–H groups in total. The fraction of sp³-hybridized carbons (Fsp3) is 0.222. The molecule has 2 aromatic carbocycles. The molecule has 0 aliphatic carbocycles. The molecule has 0 saturated carbocycles. The van der Waals surface area contributed by atoms with E-state index in [1.165, 1.54) is 12.5 Å². The Morgan fingerprint density at radius 1 is 1.00 bits per heavy atom. The number of hydrogen-bond donors (Lipinski definition) is 1. The number of carbonyl (C=O) groups excluding carboxylic acids is 2. The van der Waals surface area contributed by atoms with E-state index in [0.717, 1.165) is 12.8 Å². The van der Waals surface area contributed by atoms with Crippen LogP contribution in [0.25, 0.3) is 0 Å². The second kappa shape index (κ2) is 7.98. The summed E-state index contributed by atoms with van der Waals surface area (Å²) in [6.07, 6.45) is 1.83. The molecule has 0 heterocycles. The number of ether oxygens (including phenoxy) is 1. The number of esters is 1. The number of nitrogens with one attached hydrogen (secondary N) is 1. The van der Waals surface area contributed by atoms with E-state index in [-0.39, 0.29) is 11.9 Å². The highest BCUT2D eigenvalue weighted by molar-refractivity contribution is 5.94. The minimum Gasteiger partial charge on any atom is -0.427 e. The van der Waals surface area contributed by atoms with E-state index in [2.05, 4.69) is 17.4 Å². The van der Waals surface area contributed by atoms with E-state index >= 15 is 0 Å². The third-order valence-corrected chi connectivity index (χ3v) is 3.15. The molecule has 1 amide bonds. The zero-order valence-corrected chi connectivity index (χ0v) is 12.5. The van der Waals surface area contributed by atoms with Crippen molar-refractivity contribution in [2.45, 2.75) is 19.8 Å². The Morgan fingerprint density at radius 2 is 1.68 bits per heavy atom. The smallest absolute Gasteiger partial charge is 0.308 e. The zero-order chi connectivity index (χ0) is 15.8.